The third-order valence-corrected chi connectivity index (χ3v) is 3.09. The Balaban J connectivity index is 2.53. The molecule has 0 saturated carbocycles. The molecule has 1 aromatic heterocycles. The fourth-order valence-corrected chi connectivity index (χ4v) is 2.06. The Bertz CT molecular complexity index is 748. The van der Waals surface area contributed by atoms with E-state index in [0.29, 0.717) is 4.90 Å². The van der Waals surface area contributed by atoms with Crippen molar-refractivity contribution in [2.45, 2.75) is 19.5 Å². The molecule has 0 saturated heterocycles. The summed E-state index contributed by atoms with van der Waals surface area (Å²) in [5.74, 6) is -1.62. The van der Waals surface area contributed by atoms with Crippen LogP contribution in [0.4, 0.5) is 33.3 Å². The number of amides is 1. The van der Waals surface area contributed by atoms with Crippen molar-refractivity contribution in [3.63, 3.8) is 0 Å². The zero-order valence-corrected chi connectivity index (χ0v) is 12.5. The van der Waals surface area contributed by atoms with Gasteiger partial charge in [0.05, 0.1) is 11.4 Å². The first kappa shape index (κ1) is 17.7. The predicted octanol–water partition coefficient (Wildman–Crippen LogP) is 3.40. The lowest BCUT2D eigenvalue weighted by Crippen LogP contribution is -2.34. The number of para-hydroxylation sites is 2. The minimum atomic E-state index is -4.77. The number of halogens is 5. The zero-order chi connectivity index (χ0) is 18.1. The number of aromatic nitrogens is 2. The van der Waals surface area contributed by atoms with Gasteiger partial charge in [-0.05, 0) is 19.1 Å². The van der Waals surface area contributed by atoms with Gasteiger partial charge in [0.15, 0.2) is 5.75 Å². The van der Waals surface area contributed by atoms with E-state index in [9.17, 15) is 26.7 Å². The lowest BCUT2D eigenvalue weighted by atomic mass is 10.2. The SMILES string of the molecule is Cc1nn(C)c(F)c1N(C=O)c1ccccc1OC(F)(F)C(F)F. The number of benzene rings is 1. The van der Waals surface area contributed by atoms with Gasteiger partial charge in [-0.25, -0.2) is 4.68 Å². The summed E-state index contributed by atoms with van der Waals surface area (Å²) < 4.78 is 70.1. The van der Waals surface area contributed by atoms with Gasteiger partial charge in [0.1, 0.15) is 5.69 Å². The van der Waals surface area contributed by atoms with E-state index in [1.807, 2.05) is 0 Å². The van der Waals surface area contributed by atoms with Gasteiger partial charge in [0.25, 0.3) is 0 Å². The molecule has 2 rings (SSSR count). The molecule has 0 bridgehead atoms. The molecule has 0 spiro atoms. The predicted molar refractivity (Wildman–Crippen MR) is 74.1 cm³/mol. The molecular formula is C14H12F5N3O2. The second-order valence-corrected chi connectivity index (χ2v) is 4.76. The van der Waals surface area contributed by atoms with Gasteiger partial charge < -0.3 is 4.74 Å². The Morgan fingerprint density at radius 2 is 1.96 bits per heavy atom. The number of aryl methyl sites for hydroxylation is 2. The molecule has 1 heterocycles. The van der Waals surface area contributed by atoms with Crippen molar-refractivity contribution in [3.05, 3.63) is 35.9 Å². The first-order valence-corrected chi connectivity index (χ1v) is 6.56. The van der Waals surface area contributed by atoms with Crippen LogP contribution < -0.4 is 9.64 Å². The second-order valence-electron chi connectivity index (χ2n) is 4.76. The normalized spacial score (nSPS) is 11.7. The Morgan fingerprint density at radius 3 is 2.46 bits per heavy atom. The molecule has 1 aromatic carbocycles. The minimum absolute atomic E-state index is 0.0949. The maximum atomic E-state index is 14.1. The highest BCUT2D eigenvalue weighted by atomic mass is 19.3. The standard InChI is InChI=1S/C14H12F5N3O2/c1-8-11(12(15)21(2)20-8)22(7-23)9-5-3-4-6-10(9)24-14(18,19)13(16)17/h3-7,13H,1-2H3. The van der Waals surface area contributed by atoms with Crippen molar-refractivity contribution in [3.8, 4) is 5.75 Å². The molecular weight excluding hydrogens is 337 g/mol. The van der Waals surface area contributed by atoms with E-state index in [1.165, 1.54) is 26.1 Å². The molecule has 0 aliphatic carbocycles. The van der Waals surface area contributed by atoms with Crippen LogP contribution >= 0.6 is 0 Å². The molecule has 0 aliphatic heterocycles. The lowest BCUT2D eigenvalue weighted by Gasteiger charge is -2.23. The fraction of sp³-hybridized carbons (Fsp3) is 0.286. The van der Waals surface area contributed by atoms with Crippen LogP contribution in [0.1, 0.15) is 5.69 Å². The molecule has 5 nitrogen and oxygen atoms in total. The average Bonchev–Trinajstić information content (AvgIpc) is 2.75. The first-order valence-electron chi connectivity index (χ1n) is 6.56. The van der Waals surface area contributed by atoms with Gasteiger partial charge in [-0.3, -0.25) is 9.69 Å². The molecule has 0 N–H and O–H groups in total. The molecule has 0 aliphatic rings. The third-order valence-electron chi connectivity index (χ3n) is 3.09. The van der Waals surface area contributed by atoms with Crippen molar-refractivity contribution in [2.75, 3.05) is 4.90 Å². The summed E-state index contributed by atoms with van der Waals surface area (Å²) in [6.07, 6.45) is -8.70. The Hall–Kier alpha value is -2.65. The highest BCUT2D eigenvalue weighted by Crippen LogP contribution is 2.38. The molecule has 1 amide bonds. The Morgan fingerprint density at radius 1 is 1.33 bits per heavy atom. The molecule has 130 valence electrons. The molecule has 0 atom stereocenters. The number of carbonyl (C=O) groups is 1. The van der Waals surface area contributed by atoms with E-state index in [2.05, 4.69) is 9.84 Å². The number of carbonyl (C=O) groups excluding carboxylic acids is 1. The summed E-state index contributed by atoms with van der Waals surface area (Å²) in [6.45, 7) is 1.39. The monoisotopic (exact) mass is 349 g/mol. The minimum Gasteiger partial charge on any atom is -0.426 e. The number of hydrogen-bond acceptors (Lipinski definition) is 3. The van der Waals surface area contributed by atoms with Crippen LogP contribution in [0.15, 0.2) is 24.3 Å². The van der Waals surface area contributed by atoms with Crippen LogP contribution in [0, 0.1) is 12.9 Å². The van der Waals surface area contributed by atoms with Gasteiger partial charge in [-0.2, -0.15) is 27.1 Å². The molecule has 2 aromatic rings. The fourth-order valence-electron chi connectivity index (χ4n) is 2.06. The van der Waals surface area contributed by atoms with Crippen molar-refractivity contribution < 1.29 is 31.5 Å². The maximum absolute atomic E-state index is 14.1. The highest BCUT2D eigenvalue weighted by Gasteiger charge is 2.44. The summed E-state index contributed by atoms with van der Waals surface area (Å²) in [6, 6.07) is 4.71. The van der Waals surface area contributed by atoms with Crippen LogP contribution in [-0.4, -0.2) is 28.7 Å². The number of hydrogen-bond donors (Lipinski definition) is 0. The van der Waals surface area contributed by atoms with E-state index in [-0.39, 0.29) is 23.5 Å². The van der Waals surface area contributed by atoms with Crippen LogP contribution in [0.25, 0.3) is 0 Å². The van der Waals surface area contributed by atoms with Crippen LogP contribution in [-0.2, 0) is 11.8 Å². The van der Waals surface area contributed by atoms with E-state index in [0.717, 1.165) is 16.8 Å². The first-order chi connectivity index (χ1) is 11.2. The molecule has 0 unspecified atom stereocenters. The van der Waals surface area contributed by atoms with Crippen LogP contribution in [0.3, 0.4) is 0 Å². The number of rotatable bonds is 6. The summed E-state index contributed by atoms with van der Waals surface area (Å²) >= 11 is 0. The number of nitrogens with zero attached hydrogens (tertiary/aromatic N) is 3. The molecule has 0 radical (unpaired) electrons. The topological polar surface area (TPSA) is 47.4 Å². The van der Waals surface area contributed by atoms with E-state index in [4.69, 9.17) is 0 Å². The molecule has 10 heteroatoms. The van der Waals surface area contributed by atoms with Crippen LogP contribution in [0.2, 0.25) is 0 Å². The summed E-state index contributed by atoms with van der Waals surface area (Å²) in [7, 11) is 1.28. The highest BCUT2D eigenvalue weighted by molar-refractivity contribution is 5.89. The van der Waals surface area contributed by atoms with Crippen LogP contribution in [0.5, 0.6) is 5.75 Å². The van der Waals surface area contributed by atoms with Gasteiger partial charge in [0.2, 0.25) is 12.4 Å². The average molecular weight is 349 g/mol. The van der Waals surface area contributed by atoms with E-state index in [1.54, 1.807) is 0 Å². The van der Waals surface area contributed by atoms with Crippen molar-refractivity contribution in [1.29, 1.82) is 0 Å². The van der Waals surface area contributed by atoms with Crippen molar-refractivity contribution in [1.82, 2.24) is 9.78 Å². The number of anilines is 2. The van der Waals surface area contributed by atoms with Crippen molar-refractivity contribution >= 4 is 17.8 Å². The maximum Gasteiger partial charge on any atom is 0.461 e. The largest absolute Gasteiger partial charge is 0.461 e. The van der Waals surface area contributed by atoms with Gasteiger partial charge in [0, 0.05) is 7.05 Å². The molecule has 0 fully saturated rings. The number of alkyl halides is 4. The summed E-state index contributed by atoms with van der Waals surface area (Å²) in [5.41, 5.74) is -0.538. The van der Waals surface area contributed by atoms with Gasteiger partial charge in [-0.1, -0.05) is 12.1 Å². The van der Waals surface area contributed by atoms with E-state index >= 15 is 0 Å². The summed E-state index contributed by atoms with van der Waals surface area (Å²) in [4.78, 5) is 12.1. The summed E-state index contributed by atoms with van der Waals surface area (Å²) in [5, 5.41) is 3.77. The quantitative estimate of drug-likeness (QED) is 0.593. The smallest absolute Gasteiger partial charge is 0.426 e. The van der Waals surface area contributed by atoms with Gasteiger partial charge >= 0.3 is 12.5 Å². The van der Waals surface area contributed by atoms with Gasteiger partial charge in [-0.15, -0.1) is 0 Å². The van der Waals surface area contributed by atoms with E-state index < -0.39 is 24.2 Å². The zero-order valence-electron chi connectivity index (χ0n) is 12.5. The third kappa shape index (κ3) is 3.17. The Labute approximate surface area is 133 Å². The molecule has 24 heavy (non-hydrogen) atoms. The second kappa shape index (κ2) is 6.46. The van der Waals surface area contributed by atoms with Crippen molar-refractivity contribution in [2.24, 2.45) is 7.05 Å². The Kier molecular flexibility index (Phi) is 4.76. The lowest BCUT2D eigenvalue weighted by molar-refractivity contribution is -0.253. The number of ether oxygens (including phenoxy) is 1.